The summed E-state index contributed by atoms with van der Waals surface area (Å²) in [6.45, 7) is 1.72. The van der Waals surface area contributed by atoms with Crippen LogP contribution in [0.4, 0.5) is 11.8 Å². The zero-order valence-corrected chi connectivity index (χ0v) is 13.7. The quantitative estimate of drug-likeness (QED) is 0.730. The molecule has 3 heterocycles. The van der Waals surface area contributed by atoms with Crippen molar-refractivity contribution < 1.29 is 4.79 Å². The average Bonchev–Trinajstić information content (AvgIpc) is 3.01. The van der Waals surface area contributed by atoms with E-state index in [0.717, 1.165) is 9.79 Å². The topological polar surface area (TPSA) is 98.2 Å². The van der Waals surface area contributed by atoms with Gasteiger partial charge in [0.15, 0.2) is 5.65 Å². The summed E-state index contributed by atoms with van der Waals surface area (Å²) in [5.41, 5.74) is 6.43. The number of nitrogens with one attached hydrogen (secondary N) is 1. The first-order valence-electron chi connectivity index (χ1n) is 6.69. The van der Waals surface area contributed by atoms with Crippen LogP contribution in [0, 0.1) is 0 Å². The highest BCUT2D eigenvalue weighted by Crippen LogP contribution is 2.36. The second kappa shape index (κ2) is 6.43. The number of ketones is 1. The maximum Gasteiger partial charge on any atom is 0.209 e. The van der Waals surface area contributed by atoms with E-state index < -0.39 is 0 Å². The van der Waals surface area contributed by atoms with Crippen molar-refractivity contribution in [3.05, 3.63) is 35.9 Å². The van der Waals surface area contributed by atoms with Gasteiger partial charge in [0.2, 0.25) is 5.95 Å². The smallest absolute Gasteiger partial charge is 0.209 e. The molecule has 0 bridgehead atoms. The van der Waals surface area contributed by atoms with Crippen LogP contribution in [0.5, 0.6) is 0 Å². The highest BCUT2D eigenvalue weighted by Gasteiger charge is 2.13. The van der Waals surface area contributed by atoms with Gasteiger partial charge in [0.25, 0.3) is 0 Å². The highest BCUT2D eigenvalue weighted by molar-refractivity contribution is 7.99. The molecule has 0 saturated heterocycles. The second-order valence-electron chi connectivity index (χ2n) is 4.73. The predicted molar refractivity (Wildman–Crippen MR) is 89.9 cm³/mol. The van der Waals surface area contributed by atoms with Gasteiger partial charge < -0.3 is 11.1 Å². The van der Waals surface area contributed by atoms with Crippen molar-refractivity contribution in [2.75, 3.05) is 17.6 Å². The van der Waals surface area contributed by atoms with E-state index >= 15 is 0 Å². The lowest BCUT2D eigenvalue weighted by molar-refractivity contribution is -0.115. The number of nitrogens with two attached hydrogens (primary N) is 1. The molecule has 23 heavy (non-hydrogen) atoms. The summed E-state index contributed by atoms with van der Waals surface area (Å²) in [6.07, 6.45) is 6.73. The number of fused-ring (bicyclic) bond motifs is 1. The van der Waals surface area contributed by atoms with Crippen LogP contribution >= 0.6 is 23.4 Å². The number of pyridine rings is 1. The van der Waals surface area contributed by atoms with Crippen LogP contribution in [0.3, 0.4) is 0 Å². The molecule has 0 aliphatic rings. The number of hydrogen-bond donors (Lipinski definition) is 2. The summed E-state index contributed by atoms with van der Waals surface area (Å²) in [6, 6.07) is 1.78. The number of nitrogen functional groups attached to an aromatic ring is 1. The molecule has 0 saturated carbocycles. The van der Waals surface area contributed by atoms with Gasteiger partial charge in [-0.1, -0.05) is 23.4 Å². The molecule has 0 amide bonds. The fourth-order valence-corrected chi connectivity index (χ4v) is 3.08. The zero-order valence-electron chi connectivity index (χ0n) is 12.2. The normalized spacial score (nSPS) is 10.9. The fourth-order valence-electron chi connectivity index (χ4n) is 1.94. The molecule has 0 radical (unpaired) electrons. The predicted octanol–water partition coefficient (Wildman–Crippen LogP) is 2.51. The number of rotatable bonds is 5. The van der Waals surface area contributed by atoms with Crippen LogP contribution in [-0.2, 0) is 4.79 Å². The van der Waals surface area contributed by atoms with E-state index in [0.29, 0.717) is 16.6 Å². The lowest BCUT2D eigenvalue weighted by atomic mass is 10.4. The molecule has 0 spiro atoms. The van der Waals surface area contributed by atoms with Crippen molar-refractivity contribution in [1.29, 1.82) is 0 Å². The minimum atomic E-state index is 0.0255. The van der Waals surface area contributed by atoms with E-state index in [2.05, 4.69) is 20.3 Å². The summed E-state index contributed by atoms with van der Waals surface area (Å²) < 4.78 is 1.78. The number of Topliss-reactive ketones (excluding diaryl/α,β-unsaturated/α-hetero) is 1. The first kappa shape index (κ1) is 15.6. The third-order valence-electron chi connectivity index (χ3n) is 2.99. The Morgan fingerprint density at radius 3 is 2.96 bits per heavy atom. The molecular weight excluding hydrogens is 336 g/mol. The summed E-state index contributed by atoms with van der Waals surface area (Å²) in [5.74, 6) is 0.860. The molecular formula is C14H13ClN6OS. The Hall–Kier alpha value is -2.32. The number of halogens is 1. The first-order valence-corrected chi connectivity index (χ1v) is 7.89. The molecule has 9 heteroatoms. The Morgan fingerprint density at radius 1 is 1.35 bits per heavy atom. The van der Waals surface area contributed by atoms with Crippen molar-refractivity contribution in [3.63, 3.8) is 0 Å². The van der Waals surface area contributed by atoms with Crippen LogP contribution in [0.2, 0.25) is 5.02 Å². The summed E-state index contributed by atoms with van der Waals surface area (Å²) in [4.78, 5) is 25.3. The Bertz CT molecular complexity index is 881. The number of nitrogens with zero attached hydrogens (tertiary/aromatic N) is 4. The molecule has 3 aromatic rings. The molecule has 3 N–H and O–H groups in total. The van der Waals surface area contributed by atoms with Crippen LogP contribution in [0.15, 0.2) is 40.6 Å². The van der Waals surface area contributed by atoms with Gasteiger partial charge in [0.05, 0.1) is 16.5 Å². The molecule has 7 nitrogen and oxygen atoms in total. The van der Waals surface area contributed by atoms with Crippen molar-refractivity contribution >= 4 is 46.6 Å². The maximum absolute atomic E-state index is 11.1. The minimum absolute atomic E-state index is 0.0255. The van der Waals surface area contributed by atoms with Gasteiger partial charge in [-0.3, -0.25) is 9.20 Å². The molecule has 0 atom stereocenters. The fraction of sp³-hybridized carbons (Fsp3) is 0.143. The monoisotopic (exact) mass is 348 g/mol. The molecule has 0 aliphatic carbocycles. The number of anilines is 2. The summed E-state index contributed by atoms with van der Waals surface area (Å²) >= 11 is 7.58. The Balaban J connectivity index is 1.96. The van der Waals surface area contributed by atoms with Crippen molar-refractivity contribution in [3.8, 4) is 0 Å². The standard InChI is InChI=1S/C14H13ClN6OS/c1-8(22)6-19-14-20-7-10(13-18-4-5-21(13)14)23-9-2-3-17-12(16)11(9)15/h2-5,7H,6H2,1H3,(H2,16,17)(H,19,20). The molecule has 0 aliphatic heterocycles. The number of carbonyl (C=O) groups is 1. The van der Waals surface area contributed by atoms with Gasteiger partial charge >= 0.3 is 0 Å². The van der Waals surface area contributed by atoms with Gasteiger partial charge in [0.1, 0.15) is 11.6 Å². The molecule has 118 valence electrons. The van der Waals surface area contributed by atoms with Gasteiger partial charge in [0, 0.05) is 29.7 Å². The third kappa shape index (κ3) is 3.22. The molecule has 0 fully saturated rings. The van der Waals surface area contributed by atoms with E-state index in [9.17, 15) is 4.79 Å². The van der Waals surface area contributed by atoms with E-state index in [1.165, 1.54) is 18.7 Å². The Morgan fingerprint density at radius 2 is 2.17 bits per heavy atom. The summed E-state index contributed by atoms with van der Waals surface area (Å²) in [5, 5.41) is 3.39. The van der Waals surface area contributed by atoms with Gasteiger partial charge in [-0.25, -0.2) is 15.0 Å². The van der Waals surface area contributed by atoms with Crippen molar-refractivity contribution in [1.82, 2.24) is 19.4 Å². The van der Waals surface area contributed by atoms with E-state index in [1.54, 1.807) is 35.3 Å². The molecule has 3 rings (SSSR count). The van der Waals surface area contributed by atoms with Crippen LogP contribution in [-0.4, -0.2) is 31.7 Å². The van der Waals surface area contributed by atoms with E-state index in [4.69, 9.17) is 17.3 Å². The maximum atomic E-state index is 11.1. The van der Waals surface area contributed by atoms with Crippen molar-refractivity contribution in [2.45, 2.75) is 16.7 Å². The second-order valence-corrected chi connectivity index (χ2v) is 6.19. The minimum Gasteiger partial charge on any atom is -0.382 e. The third-order valence-corrected chi connectivity index (χ3v) is 4.57. The molecule has 3 aromatic heterocycles. The number of hydrogen-bond acceptors (Lipinski definition) is 7. The van der Waals surface area contributed by atoms with E-state index in [-0.39, 0.29) is 18.1 Å². The van der Waals surface area contributed by atoms with Gasteiger partial charge in [-0.05, 0) is 13.0 Å². The lowest BCUT2D eigenvalue weighted by Crippen LogP contribution is -2.13. The highest BCUT2D eigenvalue weighted by atomic mass is 35.5. The van der Waals surface area contributed by atoms with Gasteiger partial charge in [-0.15, -0.1) is 0 Å². The lowest BCUT2D eigenvalue weighted by Gasteiger charge is -2.10. The van der Waals surface area contributed by atoms with Crippen LogP contribution in [0.1, 0.15) is 6.92 Å². The Kier molecular flexibility index (Phi) is 4.35. The first-order chi connectivity index (χ1) is 11.1. The van der Waals surface area contributed by atoms with Crippen molar-refractivity contribution in [2.24, 2.45) is 0 Å². The molecule has 0 aromatic carbocycles. The molecule has 0 unspecified atom stereocenters. The number of carbonyl (C=O) groups excluding carboxylic acids is 1. The zero-order chi connectivity index (χ0) is 16.4. The number of imidazole rings is 1. The summed E-state index contributed by atoms with van der Waals surface area (Å²) in [7, 11) is 0. The average molecular weight is 349 g/mol. The van der Waals surface area contributed by atoms with Crippen LogP contribution < -0.4 is 11.1 Å². The van der Waals surface area contributed by atoms with Gasteiger partial charge in [-0.2, -0.15) is 0 Å². The van der Waals surface area contributed by atoms with Crippen LogP contribution in [0.25, 0.3) is 5.65 Å². The largest absolute Gasteiger partial charge is 0.382 e. The van der Waals surface area contributed by atoms with E-state index in [1.807, 2.05) is 0 Å². The Labute approximate surface area is 141 Å². The number of aromatic nitrogens is 4. The SMILES string of the molecule is CC(=O)CNc1ncc(Sc2ccnc(N)c2Cl)c2nccn12.